The molecule has 0 saturated carbocycles. The number of nitrogens with zero attached hydrogens (tertiary/aromatic N) is 2. The molecule has 128 valence electrons. The molecule has 0 saturated heterocycles. The molecular formula is C16H19ClN4O2S. The van der Waals surface area contributed by atoms with Gasteiger partial charge in [0, 0.05) is 30.7 Å². The van der Waals surface area contributed by atoms with E-state index in [1.807, 2.05) is 25.3 Å². The van der Waals surface area contributed by atoms with Crippen molar-refractivity contribution in [3.63, 3.8) is 0 Å². The van der Waals surface area contributed by atoms with E-state index in [1.165, 1.54) is 10.2 Å². The van der Waals surface area contributed by atoms with Gasteiger partial charge in [-0.05, 0) is 38.0 Å². The Morgan fingerprint density at radius 2 is 2.08 bits per heavy atom. The highest BCUT2D eigenvalue weighted by Crippen LogP contribution is 2.24. The third-order valence-corrected chi connectivity index (χ3v) is 6.13. The van der Waals surface area contributed by atoms with Gasteiger partial charge in [0.1, 0.15) is 10.0 Å². The van der Waals surface area contributed by atoms with Crippen molar-refractivity contribution in [2.24, 2.45) is 7.05 Å². The standard InChI is InChI=1S/C16H19ClN4O2S/c1-10-4-5-14-13(8-10)12(9-18-14)6-7-19-24(22,23)15-11(2)20-21(3)16(15)17/h4-5,8-9,18-19H,6-7H2,1-3H3. The SMILES string of the molecule is Cc1ccc2[nH]cc(CCNS(=O)(=O)c3c(C)nn(C)c3Cl)c2c1. The summed E-state index contributed by atoms with van der Waals surface area (Å²) < 4.78 is 28.9. The van der Waals surface area contributed by atoms with Crippen LogP contribution in [-0.4, -0.2) is 29.7 Å². The third-order valence-electron chi connectivity index (χ3n) is 3.98. The minimum atomic E-state index is -3.69. The highest BCUT2D eigenvalue weighted by molar-refractivity contribution is 7.89. The summed E-state index contributed by atoms with van der Waals surface area (Å²) in [5.74, 6) is 0. The summed E-state index contributed by atoms with van der Waals surface area (Å²) >= 11 is 6.05. The molecule has 0 amide bonds. The van der Waals surface area contributed by atoms with E-state index in [2.05, 4.69) is 20.9 Å². The van der Waals surface area contributed by atoms with Crippen LogP contribution in [0.4, 0.5) is 0 Å². The van der Waals surface area contributed by atoms with Crippen LogP contribution in [0.3, 0.4) is 0 Å². The Labute approximate surface area is 145 Å². The van der Waals surface area contributed by atoms with Crippen LogP contribution in [-0.2, 0) is 23.5 Å². The van der Waals surface area contributed by atoms with Gasteiger partial charge in [0.05, 0.1) is 5.69 Å². The van der Waals surface area contributed by atoms with Crippen LogP contribution < -0.4 is 4.72 Å². The summed E-state index contributed by atoms with van der Waals surface area (Å²) in [6.45, 7) is 3.95. The number of hydrogen-bond donors (Lipinski definition) is 2. The second-order valence-electron chi connectivity index (χ2n) is 5.84. The number of benzene rings is 1. The van der Waals surface area contributed by atoms with Gasteiger partial charge in [-0.2, -0.15) is 5.10 Å². The molecule has 8 heteroatoms. The first kappa shape index (κ1) is 17.0. The average molecular weight is 367 g/mol. The van der Waals surface area contributed by atoms with Gasteiger partial charge < -0.3 is 4.98 Å². The smallest absolute Gasteiger partial charge is 0.245 e. The maximum atomic E-state index is 12.5. The molecule has 24 heavy (non-hydrogen) atoms. The first-order valence-electron chi connectivity index (χ1n) is 7.55. The molecule has 0 spiro atoms. The van der Waals surface area contributed by atoms with E-state index in [0.29, 0.717) is 12.1 Å². The average Bonchev–Trinajstić information content (AvgIpc) is 3.00. The van der Waals surface area contributed by atoms with Gasteiger partial charge >= 0.3 is 0 Å². The number of nitrogens with one attached hydrogen (secondary N) is 2. The fourth-order valence-electron chi connectivity index (χ4n) is 2.81. The summed E-state index contributed by atoms with van der Waals surface area (Å²) in [6, 6.07) is 6.16. The van der Waals surface area contributed by atoms with Crippen molar-refractivity contribution in [1.29, 1.82) is 0 Å². The molecule has 2 heterocycles. The van der Waals surface area contributed by atoms with Gasteiger partial charge in [-0.3, -0.25) is 4.68 Å². The Hall–Kier alpha value is -1.83. The molecule has 0 bridgehead atoms. The van der Waals surface area contributed by atoms with E-state index in [1.54, 1.807) is 14.0 Å². The molecule has 2 N–H and O–H groups in total. The molecular weight excluding hydrogens is 348 g/mol. The van der Waals surface area contributed by atoms with E-state index in [9.17, 15) is 8.42 Å². The summed E-state index contributed by atoms with van der Waals surface area (Å²) in [5.41, 5.74) is 3.68. The number of aromatic amines is 1. The highest BCUT2D eigenvalue weighted by Gasteiger charge is 2.24. The molecule has 0 fully saturated rings. The maximum Gasteiger partial charge on any atom is 0.245 e. The molecule has 3 aromatic rings. The molecule has 2 aromatic heterocycles. The first-order valence-corrected chi connectivity index (χ1v) is 9.41. The Kier molecular flexibility index (Phi) is 4.42. The Morgan fingerprint density at radius 3 is 2.75 bits per heavy atom. The van der Waals surface area contributed by atoms with Crippen molar-refractivity contribution in [2.45, 2.75) is 25.2 Å². The van der Waals surface area contributed by atoms with Crippen LogP contribution in [0.15, 0.2) is 29.3 Å². The van der Waals surface area contributed by atoms with Crippen LogP contribution in [0.1, 0.15) is 16.8 Å². The van der Waals surface area contributed by atoms with Crippen molar-refractivity contribution < 1.29 is 8.42 Å². The number of halogens is 1. The molecule has 0 radical (unpaired) electrons. The zero-order chi connectivity index (χ0) is 17.5. The van der Waals surface area contributed by atoms with E-state index < -0.39 is 10.0 Å². The molecule has 0 atom stereocenters. The third kappa shape index (κ3) is 3.07. The van der Waals surface area contributed by atoms with Crippen molar-refractivity contribution in [1.82, 2.24) is 19.5 Å². The first-order chi connectivity index (χ1) is 11.3. The number of aryl methyl sites for hydroxylation is 3. The molecule has 6 nitrogen and oxygen atoms in total. The predicted octanol–water partition coefficient (Wildman–Crippen LogP) is 2.69. The number of rotatable bonds is 5. The molecule has 3 rings (SSSR count). The molecule has 0 aliphatic heterocycles. The van der Waals surface area contributed by atoms with Gasteiger partial charge in [0.15, 0.2) is 0 Å². The van der Waals surface area contributed by atoms with Gasteiger partial charge in [0.2, 0.25) is 10.0 Å². The van der Waals surface area contributed by atoms with Gasteiger partial charge in [0.25, 0.3) is 0 Å². The lowest BCUT2D eigenvalue weighted by molar-refractivity contribution is 0.581. The highest BCUT2D eigenvalue weighted by atomic mass is 35.5. The second-order valence-corrected chi connectivity index (χ2v) is 7.90. The molecule has 1 aromatic carbocycles. The summed E-state index contributed by atoms with van der Waals surface area (Å²) in [6.07, 6.45) is 2.50. The van der Waals surface area contributed by atoms with Crippen LogP contribution in [0, 0.1) is 13.8 Å². The predicted molar refractivity (Wildman–Crippen MR) is 94.9 cm³/mol. The van der Waals surface area contributed by atoms with Crippen molar-refractivity contribution in [2.75, 3.05) is 6.54 Å². The van der Waals surface area contributed by atoms with E-state index in [0.717, 1.165) is 16.5 Å². The summed E-state index contributed by atoms with van der Waals surface area (Å²) in [5, 5.41) is 5.28. The molecule has 0 unspecified atom stereocenters. The number of sulfonamides is 1. The Bertz CT molecular complexity index is 1000. The van der Waals surface area contributed by atoms with Crippen molar-refractivity contribution in [3.05, 3.63) is 46.4 Å². The maximum absolute atomic E-state index is 12.5. The monoisotopic (exact) mass is 366 g/mol. The van der Waals surface area contributed by atoms with Gasteiger partial charge in [-0.25, -0.2) is 13.1 Å². The van der Waals surface area contributed by atoms with Crippen LogP contribution in [0.2, 0.25) is 5.15 Å². The van der Waals surface area contributed by atoms with Crippen LogP contribution in [0.5, 0.6) is 0 Å². The van der Waals surface area contributed by atoms with E-state index in [-0.39, 0.29) is 16.6 Å². The topological polar surface area (TPSA) is 79.8 Å². The fraction of sp³-hybridized carbons (Fsp3) is 0.312. The quantitative estimate of drug-likeness (QED) is 0.728. The number of aromatic nitrogens is 3. The van der Waals surface area contributed by atoms with Crippen LogP contribution >= 0.6 is 11.6 Å². The second kappa shape index (κ2) is 6.23. The summed E-state index contributed by atoms with van der Waals surface area (Å²) in [7, 11) is -2.08. The largest absolute Gasteiger partial charge is 0.361 e. The van der Waals surface area contributed by atoms with Crippen LogP contribution in [0.25, 0.3) is 10.9 Å². The van der Waals surface area contributed by atoms with E-state index >= 15 is 0 Å². The minimum absolute atomic E-state index is 0.0430. The van der Waals surface area contributed by atoms with Gasteiger partial charge in [-0.15, -0.1) is 0 Å². The fourth-order valence-corrected chi connectivity index (χ4v) is 4.59. The zero-order valence-electron chi connectivity index (χ0n) is 13.7. The summed E-state index contributed by atoms with van der Waals surface area (Å²) in [4.78, 5) is 3.25. The van der Waals surface area contributed by atoms with E-state index in [4.69, 9.17) is 11.6 Å². The lowest BCUT2D eigenvalue weighted by Crippen LogP contribution is -2.26. The Balaban J connectivity index is 1.76. The minimum Gasteiger partial charge on any atom is -0.361 e. The molecule has 0 aliphatic rings. The Morgan fingerprint density at radius 1 is 1.33 bits per heavy atom. The lowest BCUT2D eigenvalue weighted by atomic mass is 10.1. The zero-order valence-corrected chi connectivity index (χ0v) is 15.3. The molecule has 0 aliphatic carbocycles. The lowest BCUT2D eigenvalue weighted by Gasteiger charge is -2.06. The van der Waals surface area contributed by atoms with Gasteiger partial charge in [-0.1, -0.05) is 23.2 Å². The normalized spacial score (nSPS) is 12.2. The number of hydrogen-bond acceptors (Lipinski definition) is 3. The number of H-pyrrole nitrogens is 1. The van der Waals surface area contributed by atoms with Crippen molar-refractivity contribution in [3.8, 4) is 0 Å². The number of fused-ring (bicyclic) bond motifs is 1. The van der Waals surface area contributed by atoms with Crippen molar-refractivity contribution >= 4 is 32.5 Å².